The number of hydrogen-bond acceptors (Lipinski definition) is 3. The minimum Gasteiger partial charge on any atom is -0.483 e. The van der Waals surface area contributed by atoms with Gasteiger partial charge in [0.2, 0.25) is 0 Å². The molecule has 1 amide bonds. The van der Waals surface area contributed by atoms with Crippen LogP contribution in [-0.4, -0.2) is 49.8 Å². The van der Waals surface area contributed by atoms with Crippen LogP contribution in [0.2, 0.25) is 0 Å². The molecule has 1 aromatic carbocycles. The van der Waals surface area contributed by atoms with E-state index in [1.54, 1.807) is 24.1 Å². The molecule has 0 saturated carbocycles. The lowest BCUT2D eigenvalue weighted by Crippen LogP contribution is -2.46. The molecule has 1 N–H and O–H groups in total. The van der Waals surface area contributed by atoms with E-state index in [0.717, 1.165) is 19.4 Å². The molecule has 7 heteroatoms. The summed E-state index contributed by atoms with van der Waals surface area (Å²) < 4.78 is 41.7. The fourth-order valence-corrected chi connectivity index (χ4v) is 2.45. The molecule has 1 saturated heterocycles. The van der Waals surface area contributed by atoms with Crippen molar-refractivity contribution < 1.29 is 22.7 Å². The van der Waals surface area contributed by atoms with E-state index in [9.17, 15) is 18.0 Å². The highest BCUT2D eigenvalue weighted by Gasteiger charge is 2.30. The van der Waals surface area contributed by atoms with Crippen molar-refractivity contribution in [1.29, 1.82) is 0 Å². The summed E-state index contributed by atoms with van der Waals surface area (Å²) in [6.07, 6.45) is -2.59. The summed E-state index contributed by atoms with van der Waals surface area (Å²) in [7, 11) is 1.67. The molecule has 0 aromatic heterocycles. The van der Waals surface area contributed by atoms with Crippen molar-refractivity contribution in [3.63, 3.8) is 0 Å². The van der Waals surface area contributed by atoms with Gasteiger partial charge in [0.15, 0.2) is 6.61 Å². The van der Waals surface area contributed by atoms with E-state index in [0.29, 0.717) is 6.54 Å². The third-order valence-electron chi connectivity index (χ3n) is 3.65. The second-order valence-corrected chi connectivity index (χ2v) is 5.32. The number of para-hydroxylation sites is 1. The lowest BCUT2D eigenvalue weighted by molar-refractivity contribution is -0.153. The predicted molar refractivity (Wildman–Crippen MR) is 76.0 cm³/mol. The molecule has 1 aromatic rings. The molecule has 0 radical (unpaired) electrons. The van der Waals surface area contributed by atoms with Gasteiger partial charge in [-0.15, -0.1) is 0 Å². The van der Waals surface area contributed by atoms with Gasteiger partial charge in [-0.25, -0.2) is 0 Å². The minimum absolute atomic E-state index is 0.0388. The number of ether oxygens (including phenoxy) is 1. The first kappa shape index (κ1) is 16.6. The standard InChI is InChI=1S/C15H19F3N2O2/c1-20(11-5-4-8-19-9-11)14(21)12-6-2-3-7-13(12)22-10-15(16,17)18/h2-3,6-7,11,19H,4-5,8-10H2,1H3. The van der Waals surface area contributed by atoms with Crippen LogP contribution in [-0.2, 0) is 0 Å². The maximum atomic E-state index is 12.5. The van der Waals surface area contributed by atoms with Gasteiger partial charge in [-0.05, 0) is 31.5 Å². The van der Waals surface area contributed by atoms with Crippen molar-refractivity contribution in [2.45, 2.75) is 25.1 Å². The van der Waals surface area contributed by atoms with Gasteiger partial charge in [-0.1, -0.05) is 12.1 Å². The van der Waals surface area contributed by atoms with Crippen LogP contribution in [0.1, 0.15) is 23.2 Å². The lowest BCUT2D eigenvalue weighted by Gasteiger charge is -2.32. The predicted octanol–water partition coefficient (Wildman–Crippen LogP) is 2.45. The fraction of sp³-hybridized carbons (Fsp3) is 0.533. The molecule has 2 rings (SSSR count). The van der Waals surface area contributed by atoms with Gasteiger partial charge in [-0.2, -0.15) is 13.2 Å². The van der Waals surface area contributed by atoms with Crippen LogP contribution in [0.15, 0.2) is 24.3 Å². The maximum absolute atomic E-state index is 12.5. The molecule has 22 heavy (non-hydrogen) atoms. The molecule has 1 atom stereocenters. The number of alkyl halides is 3. The molecule has 1 aliphatic rings. The monoisotopic (exact) mass is 316 g/mol. The number of amides is 1. The summed E-state index contributed by atoms with van der Waals surface area (Å²) >= 11 is 0. The van der Waals surface area contributed by atoms with Crippen LogP contribution in [0.3, 0.4) is 0 Å². The van der Waals surface area contributed by atoms with Crippen LogP contribution in [0, 0.1) is 0 Å². The van der Waals surface area contributed by atoms with Crippen molar-refractivity contribution >= 4 is 5.91 Å². The van der Waals surface area contributed by atoms with Gasteiger partial charge in [0.25, 0.3) is 5.91 Å². The van der Waals surface area contributed by atoms with E-state index < -0.39 is 12.8 Å². The molecule has 0 aliphatic carbocycles. The number of likely N-dealkylation sites (N-methyl/N-ethyl adjacent to an activating group) is 1. The van der Waals surface area contributed by atoms with E-state index in [2.05, 4.69) is 5.32 Å². The number of rotatable bonds is 4. The summed E-state index contributed by atoms with van der Waals surface area (Å²) in [5.74, 6) is -0.369. The number of carbonyl (C=O) groups is 1. The Morgan fingerprint density at radius 2 is 2.14 bits per heavy atom. The average molecular weight is 316 g/mol. The average Bonchev–Trinajstić information content (AvgIpc) is 2.52. The topological polar surface area (TPSA) is 41.6 Å². The zero-order chi connectivity index (χ0) is 16.2. The summed E-state index contributed by atoms with van der Waals surface area (Å²) in [6, 6.07) is 6.06. The molecule has 1 fully saturated rings. The Morgan fingerprint density at radius 3 is 2.77 bits per heavy atom. The maximum Gasteiger partial charge on any atom is 0.422 e. The van der Waals surface area contributed by atoms with Crippen LogP contribution in [0.5, 0.6) is 5.75 Å². The first-order valence-electron chi connectivity index (χ1n) is 7.15. The van der Waals surface area contributed by atoms with E-state index in [1.807, 2.05) is 0 Å². The van der Waals surface area contributed by atoms with Crippen molar-refractivity contribution in [3.05, 3.63) is 29.8 Å². The number of benzene rings is 1. The first-order chi connectivity index (χ1) is 10.4. The van der Waals surface area contributed by atoms with Gasteiger partial charge < -0.3 is 15.0 Å². The zero-order valence-electron chi connectivity index (χ0n) is 12.3. The number of piperidine rings is 1. The molecule has 4 nitrogen and oxygen atoms in total. The summed E-state index contributed by atoms with van der Waals surface area (Å²) in [5.41, 5.74) is 0.153. The summed E-state index contributed by atoms with van der Waals surface area (Å²) in [6.45, 7) is 0.198. The molecule has 1 aliphatic heterocycles. The quantitative estimate of drug-likeness (QED) is 0.928. The molecule has 1 heterocycles. The Labute approximate surface area is 127 Å². The lowest BCUT2D eigenvalue weighted by atomic mass is 10.0. The highest BCUT2D eigenvalue weighted by Crippen LogP contribution is 2.24. The van der Waals surface area contributed by atoms with E-state index in [-0.39, 0.29) is 23.3 Å². The second kappa shape index (κ2) is 7.00. The molecule has 122 valence electrons. The smallest absolute Gasteiger partial charge is 0.422 e. The number of nitrogens with zero attached hydrogens (tertiary/aromatic N) is 1. The van der Waals surface area contributed by atoms with Crippen LogP contribution in [0.25, 0.3) is 0 Å². The van der Waals surface area contributed by atoms with Crippen molar-refractivity contribution in [2.24, 2.45) is 0 Å². The molecule has 0 spiro atoms. The third-order valence-corrected chi connectivity index (χ3v) is 3.65. The molecular formula is C15H19F3N2O2. The van der Waals surface area contributed by atoms with Gasteiger partial charge in [0.1, 0.15) is 5.75 Å². The van der Waals surface area contributed by atoms with E-state index in [4.69, 9.17) is 4.74 Å². The van der Waals surface area contributed by atoms with Crippen LogP contribution in [0.4, 0.5) is 13.2 Å². The molecule has 1 unspecified atom stereocenters. The van der Waals surface area contributed by atoms with Crippen molar-refractivity contribution in [2.75, 3.05) is 26.7 Å². The number of halogens is 3. The van der Waals surface area contributed by atoms with Gasteiger partial charge in [0, 0.05) is 19.6 Å². The van der Waals surface area contributed by atoms with Crippen molar-refractivity contribution in [3.8, 4) is 5.75 Å². The Balaban J connectivity index is 2.11. The normalized spacial score (nSPS) is 18.8. The van der Waals surface area contributed by atoms with Crippen LogP contribution < -0.4 is 10.1 Å². The largest absolute Gasteiger partial charge is 0.483 e. The highest BCUT2D eigenvalue weighted by molar-refractivity contribution is 5.97. The summed E-state index contributed by atoms with van der Waals surface area (Å²) in [4.78, 5) is 14.1. The van der Waals surface area contributed by atoms with Crippen molar-refractivity contribution in [1.82, 2.24) is 10.2 Å². The first-order valence-corrected chi connectivity index (χ1v) is 7.15. The summed E-state index contributed by atoms with van der Waals surface area (Å²) in [5, 5.41) is 3.21. The Morgan fingerprint density at radius 1 is 1.41 bits per heavy atom. The number of hydrogen-bond donors (Lipinski definition) is 1. The van der Waals surface area contributed by atoms with Crippen LogP contribution >= 0.6 is 0 Å². The Kier molecular flexibility index (Phi) is 5.28. The Hall–Kier alpha value is -1.76. The number of nitrogens with one attached hydrogen (secondary N) is 1. The molecule has 0 bridgehead atoms. The van der Waals surface area contributed by atoms with Gasteiger partial charge >= 0.3 is 6.18 Å². The zero-order valence-corrected chi connectivity index (χ0v) is 12.3. The Bertz CT molecular complexity index is 514. The fourth-order valence-electron chi connectivity index (χ4n) is 2.45. The van der Waals surface area contributed by atoms with E-state index in [1.165, 1.54) is 12.1 Å². The number of carbonyl (C=O) groups excluding carboxylic acids is 1. The minimum atomic E-state index is -4.44. The SMILES string of the molecule is CN(C(=O)c1ccccc1OCC(F)(F)F)C1CCCNC1. The second-order valence-electron chi connectivity index (χ2n) is 5.32. The molecular weight excluding hydrogens is 297 g/mol. The van der Waals surface area contributed by atoms with Gasteiger partial charge in [-0.3, -0.25) is 4.79 Å². The highest BCUT2D eigenvalue weighted by atomic mass is 19.4. The van der Waals surface area contributed by atoms with E-state index >= 15 is 0 Å². The third kappa shape index (κ3) is 4.37. The van der Waals surface area contributed by atoms with Gasteiger partial charge in [0.05, 0.1) is 5.56 Å².